The Morgan fingerprint density at radius 1 is 0.684 bits per heavy atom. The average molecular weight is 298 g/mol. The Bertz CT molecular complexity index is 189. The number of unbranched alkanes of at least 4 members (excludes halogenated alkanes) is 12. The molecule has 0 spiro atoms. The largest absolute Gasteiger partial charge is 1.00 e. The summed E-state index contributed by atoms with van der Waals surface area (Å²) in [6, 6.07) is 0. The predicted octanol–water partition coefficient (Wildman–Crippen LogP) is 1.96. The minimum absolute atomic E-state index is 0. The molecule has 2 nitrogen and oxygen atoms in total. The molecule has 1 atom stereocenters. The Morgan fingerprint density at radius 2 is 1.00 bits per heavy atom. The van der Waals surface area contributed by atoms with Crippen LogP contribution >= 0.6 is 0 Å². The molecule has 0 heterocycles. The van der Waals surface area contributed by atoms with Crippen LogP contribution in [0.1, 0.15) is 90.4 Å². The van der Waals surface area contributed by atoms with Crippen LogP contribution in [-0.2, 0) is 11.1 Å². The maximum atomic E-state index is 10.3. The predicted molar refractivity (Wildman–Crippen MR) is 79.5 cm³/mol. The monoisotopic (exact) mass is 298 g/mol. The first-order valence-corrected chi connectivity index (χ1v) is 9.07. The van der Waals surface area contributed by atoms with Gasteiger partial charge >= 0.3 is 29.6 Å². The molecule has 4 heteroatoms. The Balaban J connectivity index is 0. The molecule has 0 aliphatic heterocycles. The van der Waals surface area contributed by atoms with Gasteiger partial charge in [-0.2, -0.15) is 0 Å². The Morgan fingerprint density at radius 3 is 1.32 bits per heavy atom. The van der Waals surface area contributed by atoms with Crippen molar-refractivity contribution in [2.24, 2.45) is 0 Å². The second kappa shape index (κ2) is 19.1. The molecular weight excluding hydrogens is 267 g/mol. The molecule has 0 radical (unpaired) electrons. The van der Waals surface area contributed by atoms with E-state index in [0.29, 0.717) is 5.75 Å². The second-order valence-electron chi connectivity index (χ2n) is 5.25. The molecular formula is C15H31NaO2S. The van der Waals surface area contributed by atoms with Crippen LogP contribution in [0.3, 0.4) is 0 Å². The van der Waals surface area contributed by atoms with E-state index in [4.69, 9.17) is 0 Å². The zero-order valence-corrected chi connectivity index (χ0v) is 15.9. The number of rotatable bonds is 14. The van der Waals surface area contributed by atoms with Gasteiger partial charge in [-0.25, -0.2) is 0 Å². The molecule has 110 valence electrons. The summed E-state index contributed by atoms with van der Waals surface area (Å²) >= 11 is -1.83. The van der Waals surface area contributed by atoms with Crippen molar-refractivity contribution in [3.05, 3.63) is 0 Å². The summed E-state index contributed by atoms with van der Waals surface area (Å²) in [5.74, 6) is 0.345. The molecule has 0 aromatic carbocycles. The zero-order chi connectivity index (χ0) is 13.5. The van der Waals surface area contributed by atoms with Gasteiger partial charge in [0, 0.05) is 5.75 Å². The van der Waals surface area contributed by atoms with Gasteiger partial charge in [-0.1, -0.05) is 95.1 Å². The third-order valence-corrected chi connectivity index (χ3v) is 4.04. The van der Waals surface area contributed by atoms with Crippen molar-refractivity contribution >= 4 is 11.1 Å². The van der Waals surface area contributed by atoms with Gasteiger partial charge in [0.15, 0.2) is 0 Å². The fourth-order valence-electron chi connectivity index (χ4n) is 2.24. The minimum Gasteiger partial charge on any atom is -0.772 e. The quantitative estimate of drug-likeness (QED) is 0.279. The molecule has 0 N–H and O–H groups in total. The molecule has 0 aromatic rings. The summed E-state index contributed by atoms with van der Waals surface area (Å²) in [5, 5.41) is 0. The molecule has 1 unspecified atom stereocenters. The molecule has 0 rings (SSSR count). The Labute approximate surface area is 145 Å². The average Bonchev–Trinajstić information content (AvgIpc) is 2.34. The fourth-order valence-corrected chi connectivity index (χ4v) is 2.68. The van der Waals surface area contributed by atoms with E-state index in [1.165, 1.54) is 70.6 Å². The van der Waals surface area contributed by atoms with E-state index in [1.54, 1.807) is 0 Å². The minimum atomic E-state index is -1.83. The van der Waals surface area contributed by atoms with Gasteiger partial charge in [0.1, 0.15) is 0 Å². The van der Waals surface area contributed by atoms with Crippen molar-refractivity contribution in [3.8, 4) is 0 Å². The van der Waals surface area contributed by atoms with Gasteiger partial charge in [-0.05, 0) is 6.42 Å². The molecule has 0 fully saturated rings. The van der Waals surface area contributed by atoms with Gasteiger partial charge in [-0.15, -0.1) is 0 Å². The smallest absolute Gasteiger partial charge is 0.772 e. The van der Waals surface area contributed by atoms with Crippen molar-refractivity contribution in [1.29, 1.82) is 0 Å². The van der Waals surface area contributed by atoms with Crippen LogP contribution in [0, 0.1) is 0 Å². The number of hydrogen-bond acceptors (Lipinski definition) is 2. The molecule has 0 bridgehead atoms. The van der Waals surface area contributed by atoms with Crippen LogP contribution in [0.15, 0.2) is 0 Å². The van der Waals surface area contributed by atoms with Crippen LogP contribution in [-0.4, -0.2) is 14.5 Å². The summed E-state index contributed by atoms with van der Waals surface area (Å²) in [7, 11) is 0. The summed E-state index contributed by atoms with van der Waals surface area (Å²) in [6.45, 7) is 2.26. The summed E-state index contributed by atoms with van der Waals surface area (Å²) in [6.07, 6.45) is 16.8. The molecule has 0 saturated heterocycles. The van der Waals surface area contributed by atoms with Crippen molar-refractivity contribution in [3.63, 3.8) is 0 Å². The maximum Gasteiger partial charge on any atom is 1.00 e. The SMILES string of the molecule is CCCCCCCCCCCCCCCS(=O)[O-].[Na+]. The summed E-state index contributed by atoms with van der Waals surface area (Å²) in [4.78, 5) is 0. The van der Waals surface area contributed by atoms with E-state index in [9.17, 15) is 8.76 Å². The topological polar surface area (TPSA) is 40.1 Å². The summed E-state index contributed by atoms with van der Waals surface area (Å²) in [5.41, 5.74) is 0. The first-order valence-electron chi connectivity index (χ1n) is 7.83. The third-order valence-electron chi connectivity index (χ3n) is 3.41. The molecule has 0 aliphatic carbocycles. The summed E-state index contributed by atoms with van der Waals surface area (Å²) < 4.78 is 20.6. The first kappa shape index (κ1) is 22.4. The van der Waals surface area contributed by atoms with E-state index in [2.05, 4.69) is 6.92 Å². The van der Waals surface area contributed by atoms with Crippen LogP contribution in [0.25, 0.3) is 0 Å². The van der Waals surface area contributed by atoms with E-state index in [-0.39, 0.29) is 29.6 Å². The van der Waals surface area contributed by atoms with Crippen LogP contribution in [0.4, 0.5) is 0 Å². The standard InChI is InChI=1S/C15H32O2S.Na/c1-2-3-4-5-6-7-8-9-10-11-12-13-14-15-18(16)17;/h2-15H2,1H3,(H,16,17);/q;+1/p-1. The zero-order valence-electron chi connectivity index (χ0n) is 13.1. The van der Waals surface area contributed by atoms with Gasteiger partial charge < -0.3 is 4.55 Å². The molecule has 19 heavy (non-hydrogen) atoms. The number of hydrogen-bond donors (Lipinski definition) is 0. The van der Waals surface area contributed by atoms with Gasteiger partial charge in [0.25, 0.3) is 0 Å². The molecule has 0 aromatic heterocycles. The van der Waals surface area contributed by atoms with E-state index < -0.39 is 11.1 Å². The van der Waals surface area contributed by atoms with Gasteiger partial charge in [-0.3, -0.25) is 4.21 Å². The third kappa shape index (κ3) is 21.6. The van der Waals surface area contributed by atoms with E-state index in [0.717, 1.165) is 12.8 Å². The fraction of sp³-hybridized carbons (Fsp3) is 1.00. The van der Waals surface area contributed by atoms with E-state index >= 15 is 0 Å². The second-order valence-corrected chi connectivity index (χ2v) is 6.27. The van der Waals surface area contributed by atoms with Gasteiger partial charge in [0.2, 0.25) is 0 Å². The van der Waals surface area contributed by atoms with Crippen molar-refractivity contribution < 1.29 is 38.3 Å². The van der Waals surface area contributed by atoms with Crippen LogP contribution in [0.5, 0.6) is 0 Å². The van der Waals surface area contributed by atoms with Gasteiger partial charge in [0.05, 0.1) is 0 Å². The maximum absolute atomic E-state index is 10.3. The van der Waals surface area contributed by atoms with E-state index in [1.807, 2.05) is 0 Å². The van der Waals surface area contributed by atoms with Crippen LogP contribution in [0.2, 0.25) is 0 Å². The molecule has 0 saturated carbocycles. The molecule has 0 aliphatic rings. The molecule has 0 amide bonds. The van der Waals surface area contributed by atoms with Crippen molar-refractivity contribution in [1.82, 2.24) is 0 Å². The van der Waals surface area contributed by atoms with Crippen molar-refractivity contribution in [2.75, 3.05) is 5.75 Å². The van der Waals surface area contributed by atoms with Crippen molar-refractivity contribution in [2.45, 2.75) is 90.4 Å². The first-order chi connectivity index (χ1) is 8.77. The normalized spacial score (nSPS) is 12.1. The Hall–Kier alpha value is 1.11. The van der Waals surface area contributed by atoms with Crippen LogP contribution < -0.4 is 29.6 Å². The Kier molecular flexibility index (Phi) is 22.5.